The van der Waals surface area contributed by atoms with Crippen molar-refractivity contribution in [3.8, 4) is 17.2 Å². The minimum absolute atomic E-state index is 0.445. The second kappa shape index (κ2) is 6.57. The van der Waals surface area contributed by atoms with E-state index in [0.717, 1.165) is 18.5 Å². The highest BCUT2D eigenvalue weighted by molar-refractivity contribution is 6.34. The van der Waals surface area contributed by atoms with Crippen LogP contribution in [0.4, 0.5) is 0 Å². The molecule has 1 aromatic carbocycles. The maximum atomic E-state index is 6.23. The van der Waals surface area contributed by atoms with Crippen LogP contribution in [0.3, 0.4) is 0 Å². The number of methoxy groups -OCH3 is 3. The molecule has 0 spiro atoms. The number of hydrogen-bond acceptors (Lipinski definition) is 4. The van der Waals surface area contributed by atoms with Gasteiger partial charge in [-0.15, -0.1) is 0 Å². The number of hydrogen-bond donors (Lipinski definition) is 1. The summed E-state index contributed by atoms with van der Waals surface area (Å²) in [6.45, 7) is 0.835. The highest BCUT2D eigenvalue weighted by Gasteiger charge is 2.18. The van der Waals surface area contributed by atoms with E-state index in [0.29, 0.717) is 22.3 Å². The molecule has 0 aliphatic rings. The van der Waals surface area contributed by atoms with Gasteiger partial charge in [-0.2, -0.15) is 0 Å². The second-order valence-corrected chi connectivity index (χ2v) is 3.85. The van der Waals surface area contributed by atoms with Crippen LogP contribution in [0.1, 0.15) is 5.56 Å². The fourth-order valence-corrected chi connectivity index (χ4v) is 2.02. The van der Waals surface area contributed by atoms with Crippen LogP contribution in [0.2, 0.25) is 5.02 Å². The second-order valence-electron chi connectivity index (χ2n) is 3.47. The third-order valence-electron chi connectivity index (χ3n) is 2.49. The van der Waals surface area contributed by atoms with Gasteiger partial charge in [0.15, 0.2) is 11.5 Å². The van der Waals surface area contributed by atoms with Crippen molar-refractivity contribution in [2.24, 2.45) is 0 Å². The van der Waals surface area contributed by atoms with Gasteiger partial charge in [-0.25, -0.2) is 0 Å². The summed E-state index contributed by atoms with van der Waals surface area (Å²) >= 11 is 6.23. The molecule has 0 bridgehead atoms. The lowest BCUT2D eigenvalue weighted by molar-refractivity contribution is 0.348. The van der Waals surface area contributed by atoms with Crippen LogP contribution in [0.15, 0.2) is 6.07 Å². The summed E-state index contributed by atoms with van der Waals surface area (Å²) in [5, 5.41) is 3.53. The molecule has 0 unspecified atom stereocenters. The summed E-state index contributed by atoms with van der Waals surface area (Å²) in [6, 6.07) is 1.89. The Hall–Kier alpha value is -1.13. The molecule has 4 nitrogen and oxygen atoms in total. The van der Waals surface area contributed by atoms with Crippen molar-refractivity contribution in [3.05, 3.63) is 16.7 Å². The van der Waals surface area contributed by atoms with Gasteiger partial charge in [0, 0.05) is 5.56 Å². The van der Waals surface area contributed by atoms with Crippen molar-refractivity contribution in [1.82, 2.24) is 5.32 Å². The minimum atomic E-state index is 0.445. The topological polar surface area (TPSA) is 39.7 Å². The van der Waals surface area contributed by atoms with Crippen molar-refractivity contribution in [1.29, 1.82) is 0 Å². The van der Waals surface area contributed by atoms with Gasteiger partial charge in [0.1, 0.15) is 10.8 Å². The van der Waals surface area contributed by atoms with E-state index in [1.54, 1.807) is 21.3 Å². The molecule has 0 amide bonds. The van der Waals surface area contributed by atoms with E-state index in [-0.39, 0.29) is 0 Å². The van der Waals surface area contributed by atoms with E-state index in [9.17, 15) is 0 Å². The molecule has 0 fully saturated rings. The Morgan fingerprint density at radius 3 is 2.24 bits per heavy atom. The average molecular weight is 260 g/mol. The van der Waals surface area contributed by atoms with Crippen molar-refractivity contribution in [3.63, 3.8) is 0 Å². The molecule has 0 aromatic heterocycles. The number of ether oxygens (including phenoxy) is 3. The fourth-order valence-electron chi connectivity index (χ4n) is 1.65. The lowest BCUT2D eigenvalue weighted by atomic mass is 10.1. The van der Waals surface area contributed by atoms with Crippen LogP contribution in [0.5, 0.6) is 17.2 Å². The van der Waals surface area contributed by atoms with Crippen molar-refractivity contribution in [2.75, 3.05) is 34.9 Å². The van der Waals surface area contributed by atoms with Gasteiger partial charge in [-0.1, -0.05) is 11.6 Å². The normalized spacial score (nSPS) is 10.2. The zero-order chi connectivity index (χ0) is 12.8. The smallest absolute Gasteiger partial charge is 0.183 e. The Labute approximate surface area is 107 Å². The Bertz CT molecular complexity index is 383. The minimum Gasteiger partial charge on any atom is -0.495 e. The van der Waals surface area contributed by atoms with Crippen LogP contribution in [-0.2, 0) is 6.42 Å². The van der Waals surface area contributed by atoms with Gasteiger partial charge in [0.05, 0.1) is 21.3 Å². The molecule has 1 rings (SSSR count). The summed E-state index contributed by atoms with van der Waals surface area (Å²) in [7, 11) is 6.63. The Morgan fingerprint density at radius 2 is 1.76 bits per heavy atom. The summed E-state index contributed by atoms with van der Waals surface area (Å²) in [4.78, 5) is 0. The Kier molecular flexibility index (Phi) is 5.38. The third-order valence-corrected chi connectivity index (χ3v) is 2.84. The first-order chi connectivity index (χ1) is 8.19. The quantitative estimate of drug-likeness (QED) is 0.850. The molecule has 5 heteroatoms. The number of likely N-dealkylation sites (N-methyl/N-ethyl adjacent to an activating group) is 1. The highest BCUT2D eigenvalue weighted by atomic mass is 35.5. The molecule has 0 aliphatic carbocycles. The van der Waals surface area contributed by atoms with Gasteiger partial charge in [-0.05, 0) is 26.1 Å². The van der Waals surface area contributed by atoms with E-state index in [1.165, 1.54) is 0 Å². The number of nitrogens with one attached hydrogen (secondary N) is 1. The molecule has 0 radical (unpaired) electrons. The molecule has 0 aliphatic heterocycles. The predicted molar refractivity (Wildman–Crippen MR) is 68.7 cm³/mol. The van der Waals surface area contributed by atoms with Gasteiger partial charge < -0.3 is 19.5 Å². The molecular weight excluding hydrogens is 242 g/mol. The largest absolute Gasteiger partial charge is 0.495 e. The fraction of sp³-hybridized carbons (Fsp3) is 0.500. The third kappa shape index (κ3) is 2.96. The first-order valence-corrected chi connectivity index (χ1v) is 5.69. The molecule has 17 heavy (non-hydrogen) atoms. The highest BCUT2D eigenvalue weighted by Crippen LogP contribution is 2.43. The zero-order valence-electron chi connectivity index (χ0n) is 10.6. The van der Waals surface area contributed by atoms with E-state index in [4.69, 9.17) is 25.8 Å². The molecule has 0 atom stereocenters. The molecule has 1 aromatic rings. The number of rotatable bonds is 6. The van der Waals surface area contributed by atoms with E-state index < -0.39 is 0 Å². The monoisotopic (exact) mass is 259 g/mol. The molecular formula is C12H18ClNO3. The Balaban J connectivity index is 3.24. The van der Waals surface area contributed by atoms with Crippen LogP contribution >= 0.6 is 11.6 Å². The van der Waals surface area contributed by atoms with Crippen molar-refractivity contribution in [2.45, 2.75) is 6.42 Å². The van der Waals surface area contributed by atoms with E-state index in [2.05, 4.69) is 5.32 Å². The van der Waals surface area contributed by atoms with E-state index >= 15 is 0 Å². The van der Waals surface area contributed by atoms with Crippen molar-refractivity contribution >= 4 is 11.6 Å². The summed E-state index contributed by atoms with van der Waals surface area (Å²) in [6.07, 6.45) is 0.805. The first kappa shape index (κ1) is 13.9. The number of benzene rings is 1. The molecule has 0 saturated heterocycles. The zero-order valence-corrected chi connectivity index (χ0v) is 11.4. The lowest BCUT2D eigenvalue weighted by Gasteiger charge is -2.16. The van der Waals surface area contributed by atoms with Crippen LogP contribution in [0.25, 0.3) is 0 Å². The Morgan fingerprint density at radius 1 is 1.12 bits per heavy atom. The maximum Gasteiger partial charge on any atom is 0.183 e. The summed E-state index contributed by atoms with van der Waals surface area (Å²) in [5.41, 5.74) is 0.990. The molecule has 1 N–H and O–H groups in total. The molecule has 96 valence electrons. The average Bonchev–Trinajstić information content (AvgIpc) is 2.35. The number of halogens is 1. The maximum absolute atomic E-state index is 6.23. The van der Waals surface area contributed by atoms with Crippen LogP contribution in [-0.4, -0.2) is 34.9 Å². The van der Waals surface area contributed by atoms with Crippen LogP contribution < -0.4 is 19.5 Å². The molecule has 0 saturated carbocycles. The van der Waals surface area contributed by atoms with Gasteiger partial charge >= 0.3 is 0 Å². The molecule has 0 heterocycles. The van der Waals surface area contributed by atoms with E-state index in [1.807, 2.05) is 13.1 Å². The van der Waals surface area contributed by atoms with Crippen LogP contribution in [0, 0.1) is 0 Å². The standard InChI is InChI=1S/C12H18ClNO3/c1-14-6-5-8-7-9(15-2)12(17-4)10(13)11(8)16-3/h7,14H,5-6H2,1-4H3. The lowest BCUT2D eigenvalue weighted by Crippen LogP contribution is -2.11. The predicted octanol–water partition coefficient (Wildman–Crippen LogP) is 2.13. The van der Waals surface area contributed by atoms with Gasteiger partial charge in [-0.3, -0.25) is 0 Å². The SMILES string of the molecule is CNCCc1cc(OC)c(OC)c(Cl)c1OC. The van der Waals surface area contributed by atoms with Crippen molar-refractivity contribution < 1.29 is 14.2 Å². The first-order valence-electron chi connectivity index (χ1n) is 5.31. The van der Waals surface area contributed by atoms with Gasteiger partial charge in [0.2, 0.25) is 0 Å². The summed E-state index contributed by atoms with van der Waals surface area (Å²) < 4.78 is 15.8. The summed E-state index contributed by atoms with van der Waals surface area (Å²) in [5.74, 6) is 1.75. The van der Waals surface area contributed by atoms with Gasteiger partial charge in [0.25, 0.3) is 0 Å².